The quantitative estimate of drug-likeness (QED) is 0.528. The summed E-state index contributed by atoms with van der Waals surface area (Å²) in [4.78, 5) is 25.8. The van der Waals surface area contributed by atoms with Crippen LogP contribution < -0.4 is 0 Å². The third-order valence-corrected chi connectivity index (χ3v) is 2.09. The van der Waals surface area contributed by atoms with Crippen molar-refractivity contribution < 1.29 is 9.59 Å². The van der Waals surface area contributed by atoms with E-state index < -0.39 is 0 Å². The first-order valence-electron chi connectivity index (χ1n) is 3.54. The summed E-state index contributed by atoms with van der Waals surface area (Å²) in [6, 6.07) is 0. The van der Waals surface area contributed by atoms with Gasteiger partial charge in [-0.25, -0.2) is 4.98 Å². The molecule has 0 bridgehead atoms. The molecule has 1 heterocycles. The van der Waals surface area contributed by atoms with Gasteiger partial charge in [-0.15, -0.1) is 11.3 Å². The fraction of sp³-hybridized carbons (Fsp3) is 0.375. The van der Waals surface area contributed by atoms with Crippen LogP contribution in [0.1, 0.15) is 28.8 Å². The highest BCUT2D eigenvalue weighted by atomic mass is 32.1. The zero-order valence-electron chi connectivity index (χ0n) is 6.96. The Morgan fingerprint density at radius 3 is 2.67 bits per heavy atom. The second-order valence-corrected chi connectivity index (χ2v) is 3.62. The summed E-state index contributed by atoms with van der Waals surface area (Å²) in [5.74, 6) is -0.308. The summed E-state index contributed by atoms with van der Waals surface area (Å²) in [6.45, 7) is 3.23. The number of aromatic nitrogens is 1. The van der Waals surface area contributed by atoms with E-state index in [1.54, 1.807) is 5.38 Å². The maximum absolute atomic E-state index is 11.2. The topological polar surface area (TPSA) is 47.0 Å². The van der Waals surface area contributed by atoms with Gasteiger partial charge < -0.3 is 0 Å². The number of hydrogen-bond donors (Lipinski definition) is 0. The Hall–Kier alpha value is -1.03. The summed E-state index contributed by atoms with van der Waals surface area (Å²) < 4.78 is 0. The van der Waals surface area contributed by atoms with E-state index in [1.165, 1.54) is 18.3 Å². The van der Waals surface area contributed by atoms with Crippen molar-refractivity contribution in [3.63, 3.8) is 0 Å². The van der Waals surface area contributed by atoms with E-state index in [2.05, 4.69) is 4.98 Å². The Balaban J connectivity index is 2.72. The van der Waals surface area contributed by atoms with Gasteiger partial charge in [0.15, 0.2) is 5.78 Å². The summed E-state index contributed by atoms with van der Waals surface area (Å²) in [5, 5.41) is 2.53. The molecule has 0 aromatic carbocycles. The van der Waals surface area contributed by atoms with Crippen LogP contribution in [-0.2, 0) is 4.79 Å². The number of thiazole rings is 1. The molecule has 0 radical (unpaired) electrons. The van der Waals surface area contributed by atoms with Crippen molar-refractivity contribution in [1.82, 2.24) is 4.98 Å². The molecule has 0 saturated heterocycles. The van der Waals surface area contributed by atoms with Gasteiger partial charge >= 0.3 is 0 Å². The van der Waals surface area contributed by atoms with Crippen molar-refractivity contribution in [2.24, 2.45) is 0 Å². The minimum Gasteiger partial charge on any atom is -0.300 e. The van der Waals surface area contributed by atoms with Crippen LogP contribution in [0.5, 0.6) is 0 Å². The Morgan fingerprint density at radius 2 is 2.25 bits per heavy atom. The lowest BCUT2D eigenvalue weighted by Gasteiger charge is -1.90. The molecule has 1 aromatic heterocycles. The molecule has 12 heavy (non-hydrogen) atoms. The van der Waals surface area contributed by atoms with Crippen molar-refractivity contribution in [2.75, 3.05) is 0 Å². The number of carbonyl (C=O) groups is 2. The van der Waals surface area contributed by atoms with Gasteiger partial charge in [-0.1, -0.05) is 0 Å². The van der Waals surface area contributed by atoms with Crippen molar-refractivity contribution >= 4 is 22.9 Å². The monoisotopic (exact) mass is 183 g/mol. The van der Waals surface area contributed by atoms with E-state index in [-0.39, 0.29) is 18.0 Å². The minimum atomic E-state index is -0.188. The van der Waals surface area contributed by atoms with Crippen LogP contribution in [0.3, 0.4) is 0 Å². The Bertz CT molecular complexity index is 317. The Labute approximate surface area is 74.4 Å². The van der Waals surface area contributed by atoms with Gasteiger partial charge in [-0.05, 0) is 13.8 Å². The van der Waals surface area contributed by atoms with E-state index in [9.17, 15) is 9.59 Å². The summed E-state index contributed by atoms with van der Waals surface area (Å²) in [6.07, 6.45) is -0.0385. The normalized spacial score (nSPS) is 9.83. The maximum atomic E-state index is 11.2. The molecule has 0 saturated carbocycles. The number of carbonyl (C=O) groups excluding carboxylic acids is 2. The fourth-order valence-electron chi connectivity index (χ4n) is 0.808. The zero-order valence-corrected chi connectivity index (χ0v) is 7.77. The Morgan fingerprint density at radius 1 is 1.58 bits per heavy atom. The smallest absolute Gasteiger partial charge is 0.189 e. The van der Waals surface area contributed by atoms with Crippen molar-refractivity contribution in [1.29, 1.82) is 0 Å². The number of aryl methyl sites for hydroxylation is 1. The molecule has 4 heteroatoms. The predicted octanol–water partition coefficient (Wildman–Crippen LogP) is 1.61. The number of nitrogens with zero attached hydrogens (tertiary/aromatic N) is 1. The van der Waals surface area contributed by atoms with Crippen molar-refractivity contribution in [2.45, 2.75) is 20.3 Å². The standard InChI is InChI=1S/C8H9NO2S/c1-5(10)3-8(11)7-4-12-6(2)9-7/h4H,3H2,1-2H3. The zero-order chi connectivity index (χ0) is 9.14. The van der Waals surface area contributed by atoms with E-state index in [1.807, 2.05) is 6.92 Å². The highest BCUT2D eigenvalue weighted by molar-refractivity contribution is 7.09. The number of rotatable bonds is 3. The Kier molecular flexibility index (Phi) is 2.70. The third kappa shape index (κ3) is 2.23. The molecule has 0 fully saturated rings. The van der Waals surface area contributed by atoms with Gasteiger partial charge in [-0.2, -0.15) is 0 Å². The molecular weight excluding hydrogens is 174 g/mol. The molecular formula is C8H9NO2S. The van der Waals surface area contributed by atoms with E-state index in [0.717, 1.165) is 5.01 Å². The SMILES string of the molecule is CC(=O)CC(=O)c1csc(C)n1. The molecule has 3 nitrogen and oxygen atoms in total. The molecule has 1 rings (SSSR count). The molecule has 0 amide bonds. The van der Waals surface area contributed by atoms with Gasteiger partial charge in [0.25, 0.3) is 0 Å². The second-order valence-electron chi connectivity index (χ2n) is 2.55. The lowest BCUT2D eigenvalue weighted by molar-refractivity contribution is -0.116. The molecule has 0 unspecified atom stereocenters. The van der Waals surface area contributed by atoms with Crippen LogP contribution in [0.4, 0.5) is 0 Å². The average Bonchev–Trinajstić information content (AvgIpc) is 2.34. The van der Waals surface area contributed by atoms with E-state index in [4.69, 9.17) is 0 Å². The fourth-order valence-corrected chi connectivity index (χ4v) is 1.43. The number of hydrogen-bond acceptors (Lipinski definition) is 4. The predicted molar refractivity (Wildman–Crippen MR) is 46.5 cm³/mol. The highest BCUT2D eigenvalue weighted by Crippen LogP contribution is 2.09. The van der Waals surface area contributed by atoms with Gasteiger partial charge in [0, 0.05) is 5.38 Å². The minimum absolute atomic E-state index is 0.0385. The highest BCUT2D eigenvalue weighted by Gasteiger charge is 2.10. The lowest BCUT2D eigenvalue weighted by atomic mass is 10.2. The van der Waals surface area contributed by atoms with Gasteiger partial charge in [0.1, 0.15) is 11.5 Å². The molecule has 0 spiro atoms. The summed E-state index contributed by atoms with van der Waals surface area (Å²) in [7, 11) is 0. The molecule has 0 aliphatic heterocycles. The summed E-state index contributed by atoms with van der Waals surface area (Å²) >= 11 is 1.42. The molecule has 64 valence electrons. The first-order chi connectivity index (χ1) is 5.59. The van der Waals surface area contributed by atoms with Gasteiger partial charge in [0.05, 0.1) is 11.4 Å². The molecule has 1 aromatic rings. The molecule has 0 atom stereocenters. The van der Waals surface area contributed by atoms with E-state index in [0.29, 0.717) is 5.69 Å². The van der Waals surface area contributed by atoms with Crippen molar-refractivity contribution in [3.05, 3.63) is 16.1 Å². The van der Waals surface area contributed by atoms with Crippen LogP contribution in [0, 0.1) is 6.92 Å². The maximum Gasteiger partial charge on any atom is 0.189 e. The van der Waals surface area contributed by atoms with Gasteiger partial charge in [0.2, 0.25) is 0 Å². The van der Waals surface area contributed by atoms with Crippen LogP contribution in [0.15, 0.2) is 5.38 Å². The van der Waals surface area contributed by atoms with Gasteiger partial charge in [-0.3, -0.25) is 9.59 Å². The molecule has 0 N–H and O–H groups in total. The first-order valence-corrected chi connectivity index (χ1v) is 4.42. The first kappa shape index (κ1) is 9.06. The van der Waals surface area contributed by atoms with E-state index >= 15 is 0 Å². The average molecular weight is 183 g/mol. The van der Waals surface area contributed by atoms with Crippen LogP contribution in [0.25, 0.3) is 0 Å². The summed E-state index contributed by atoms with van der Waals surface area (Å²) in [5.41, 5.74) is 0.410. The second kappa shape index (κ2) is 3.58. The number of Topliss-reactive ketones (excluding diaryl/α,β-unsaturated/α-hetero) is 2. The third-order valence-electron chi connectivity index (χ3n) is 1.31. The van der Waals surface area contributed by atoms with Crippen LogP contribution in [-0.4, -0.2) is 16.6 Å². The molecule has 0 aliphatic rings. The van der Waals surface area contributed by atoms with Crippen LogP contribution in [0.2, 0.25) is 0 Å². The number of ketones is 2. The largest absolute Gasteiger partial charge is 0.300 e. The van der Waals surface area contributed by atoms with Crippen LogP contribution >= 0.6 is 11.3 Å². The lowest BCUT2D eigenvalue weighted by Crippen LogP contribution is -2.04. The van der Waals surface area contributed by atoms with Crippen molar-refractivity contribution in [3.8, 4) is 0 Å². The molecule has 0 aliphatic carbocycles.